The van der Waals surface area contributed by atoms with Crippen LogP contribution in [0.5, 0.6) is 5.75 Å². The lowest BCUT2D eigenvalue weighted by Crippen LogP contribution is -2.24. The summed E-state index contributed by atoms with van der Waals surface area (Å²) in [5, 5.41) is 0. The van der Waals surface area contributed by atoms with Crippen molar-refractivity contribution in [2.75, 3.05) is 24.6 Å². The van der Waals surface area contributed by atoms with Crippen LogP contribution in [0.25, 0.3) is 0 Å². The highest BCUT2D eigenvalue weighted by Crippen LogP contribution is 2.30. The smallest absolute Gasteiger partial charge is 0.203 e. The van der Waals surface area contributed by atoms with E-state index in [9.17, 15) is 4.79 Å². The summed E-state index contributed by atoms with van der Waals surface area (Å²) in [7, 11) is 0. The maximum absolute atomic E-state index is 11.5. The van der Waals surface area contributed by atoms with Crippen molar-refractivity contribution < 1.29 is 9.53 Å². The van der Waals surface area contributed by atoms with Gasteiger partial charge in [-0.3, -0.25) is 4.79 Å². The Morgan fingerprint density at radius 1 is 1.24 bits per heavy atom. The zero-order valence-corrected chi connectivity index (χ0v) is 10.5. The molecule has 0 saturated heterocycles. The van der Waals surface area contributed by atoms with Crippen LogP contribution in [-0.4, -0.2) is 25.5 Å². The molecule has 0 saturated carbocycles. The van der Waals surface area contributed by atoms with E-state index in [1.54, 1.807) is 0 Å². The molecule has 0 spiro atoms. The first-order valence-electron chi connectivity index (χ1n) is 6.31. The number of hydrogen-bond donors (Lipinski definition) is 0. The van der Waals surface area contributed by atoms with Gasteiger partial charge in [0.05, 0.1) is 5.56 Å². The minimum absolute atomic E-state index is 0.0871. The molecule has 1 aliphatic heterocycles. The summed E-state index contributed by atoms with van der Waals surface area (Å²) >= 11 is 0. The van der Waals surface area contributed by atoms with E-state index in [4.69, 9.17) is 4.74 Å². The third-order valence-electron chi connectivity index (χ3n) is 2.98. The van der Waals surface area contributed by atoms with E-state index in [0.717, 1.165) is 42.9 Å². The van der Waals surface area contributed by atoms with Crippen LogP contribution in [0.2, 0.25) is 0 Å². The highest BCUT2D eigenvalue weighted by molar-refractivity contribution is 6.02. The maximum Gasteiger partial charge on any atom is 0.203 e. The van der Waals surface area contributed by atoms with Crippen molar-refractivity contribution in [3.05, 3.63) is 23.8 Å². The Bertz CT molecular complexity index is 409. The molecule has 3 heteroatoms. The fourth-order valence-electron chi connectivity index (χ4n) is 2.19. The van der Waals surface area contributed by atoms with Crippen LogP contribution in [0, 0.1) is 0 Å². The quantitative estimate of drug-likeness (QED) is 0.783. The summed E-state index contributed by atoms with van der Waals surface area (Å²) in [6, 6.07) is 5.90. The second-order valence-electron chi connectivity index (χ2n) is 4.38. The largest absolute Gasteiger partial charge is 0.485 e. The summed E-state index contributed by atoms with van der Waals surface area (Å²) in [5.74, 6) is 0.828. The van der Waals surface area contributed by atoms with Crippen LogP contribution < -0.4 is 9.64 Å². The number of nitrogens with zero attached hydrogens (tertiary/aromatic N) is 1. The van der Waals surface area contributed by atoms with Gasteiger partial charge in [-0.05, 0) is 25.0 Å². The predicted molar refractivity (Wildman–Crippen MR) is 69.1 cm³/mol. The molecule has 3 nitrogen and oxygen atoms in total. The summed E-state index contributed by atoms with van der Waals surface area (Å²) in [4.78, 5) is 13.8. The normalized spacial score (nSPS) is 13.4. The highest BCUT2D eigenvalue weighted by Gasteiger charge is 2.21. The highest BCUT2D eigenvalue weighted by atomic mass is 16.5. The van der Waals surface area contributed by atoms with Crippen molar-refractivity contribution in [3.63, 3.8) is 0 Å². The van der Waals surface area contributed by atoms with E-state index < -0.39 is 0 Å². The van der Waals surface area contributed by atoms with E-state index >= 15 is 0 Å². The van der Waals surface area contributed by atoms with Crippen LogP contribution in [-0.2, 0) is 0 Å². The van der Waals surface area contributed by atoms with Crippen LogP contribution in [0.3, 0.4) is 0 Å². The van der Waals surface area contributed by atoms with Gasteiger partial charge in [0, 0.05) is 24.8 Å². The molecule has 1 aromatic rings. The molecule has 1 aromatic carbocycles. The summed E-state index contributed by atoms with van der Waals surface area (Å²) < 4.78 is 5.38. The molecular weight excluding hydrogens is 214 g/mol. The zero-order valence-electron chi connectivity index (χ0n) is 10.5. The first kappa shape index (κ1) is 12.0. The minimum atomic E-state index is 0.0871. The Balaban J connectivity index is 2.23. The first-order chi connectivity index (χ1) is 8.26. The van der Waals surface area contributed by atoms with E-state index in [0.29, 0.717) is 0 Å². The van der Waals surface area contributed by atoms with Gasteiger partial charge in [-0.1, -0.05) is 13.8 Å². The van der Waals surface area contributed by atoms with Crippen molar-refractivity contribution in [2.45, 2.75) is 26.7 Å². The van der Waals surface area contributed by atoms with Crippen LogP contribution in [0.4, 0.5) is 5.69 Å². The topological polar surface area (TPSA) is 29.5 Å². The zero-order chi connectivity index (χ0) is 12.3. The van der Waals surface area contributed by atoms with E-state index in [1.807, 2.05) is 18.2 Å². The van der Waals surface area contributed by atoms with Gasteiger partial charge in [0.2, 0.25) is 5.78 Å². The molecule has 2 rings (SSSR count). The standard InChI is InChI=1S/C14H19NO2/c1-3-7-15(8-4-2)11-5-6-12-13(16)10-17-14(12)9-11/h5-6,9H,3-4,7-8,10H2,1-2H3. The van der Waals surface area contributed by atoms with Crippen LogP contribution in [0.15, 0.2) is 18.2 Å². The Morgan fingerprint density at radius 3 is 2.59 bits per heavy atom. The molecule has 92 valence electrons. The van der Waals surface area contributed by atoms with Crippen molar-refractivity contribution in [1.29, 1.82) is 0 Å². The molecule has 0 aliphatic carbocycles. The SMILES string of the molecule is CCCN(CCC)c1ccc2c(c1)OCC2=O. The monoisotopic (exact) mass is 233 g/mol. The molecule has 1 heterocycles. The molecule has 0 N–H and O–H groups in total. The predicted octanol–water partition coefficient (Wildman–Crippen LogP) is 2.89. The fraction of sp³-hybridized carbons (Fsp3) is 0.500. The van der Waals surface area contributed by atoms with E-state index in [1.165, 1.54) is 0 Å². The number of fused-ring (bicyclic) bond motifs is 1. The summed E-state index contributed by atoms with van der Waals surface area (Å²) in [5.41, 5.74) is 1.88. The number of ether oxygens (including phenoxy) is 1. The molecule has 1 aliphatic rings. The van der Waals surface area contributed by atoms with Gasteiger partial charge in [0.15, 0.2) is 6.61 Å². The Hall–Kier alpha value is -1.51. The molecule has 0 fully saturated rings. The second-order valence-corrected chi connectivity index (χ2v) is 4.38. The molecular formula is C14H19NO2. The fourth-order valence-corrected chi connectivity index (χ4v) is 2.19. The van der Waals surface area contributed by atoms with Gasteiger partial charge in [-0.2, -0.15) is 0 Å². The molecule has 0 aromatic heterocycles. The third-order valence-corrected chi connectivity index (χ3v) is 2.98. The average Bonchev–Trinajstić information content (AvgIpc) is 2.70. The second kappa shape index (κ2) is 5.21. The summed E-state index contributed by atoms with van der Waals surface area (Å²) in [6.45, 7) is 6.63. The number of Topliss-reactive ketones (excluding diaryl/α,β-unsaturated/α-hetero) is 1. The third kappa shape index (κ3) is 2.43. The number of hydrogen-bond acceptors (Lipinski definition) is 3. The van der Waals surface area contributed by atoms with Gasteiger partial charge in [-0.25, -0.2) is 0 Å². The van der Waals surface area contributed by atoms with E-state index in [-0.39, 0.29) is 12.4 Å². The number of benzene rings is 1. The van der Waals surface area contributed by atoms with Crippen molar-refractivity contribution >= 4 is 11.5 Å². The minimum Gasteiger partial charge on any atom is -0.485 e. The van der Waals surface area contributed by atoms with Crippen LogP contribution >= 0.6 is 0 Å². The van der Waals surface area contributed by atoms with Gasteiger partial charge in [0.25, 0.3) is 0 Å². The number of ketones is 1. The van der Waals surface area contributed by atoms with Crippen molar-refractivity contribution in [3.8, 4) is 5.75 Å². The van der Waals surface area contributed by atoms with Gasteiger partial charge < -0.3 is 9.64 Å². The van der Waals surface area contributed by atoms with Crippen molar-refractivity contribution in [1.82, 2.24) is 0 Å². The van der Waals surface area contributed by atoms with Gasteiger partial charge >= 0.3 is 0 Å². The number of rotatable bonds is 5. The Morgan fingerprint density at radius 2 is 1.94 bits per heavy atom. The Kier molecular flexibility index (Phi) is 3.67. The summed E-state index contributed by atoms with van der Waals surface area (Å²) in [6.07, 6.45) is 2.24. The molecule has 0 unspecified atom stereocenters. The number of anilines is 1. The molecule has 0 atom stereocenters. The molecule has 0 bridgehead atoms. The molecule has 0 radical (unpaired) electrons. The van der Waals surface area contributed by atoms with Crippen molar-refractivity contribution in [2.24, 2.45) is 0 Å². The number of carbonyl (C=O) groups is 1. The maximum atomic E-state index is 11.5. The van der Waals surface area contributed by atoms with Crippen LogP contribution in [0.1, 0.15) is 37.0 Å². The van der Waals surface area contributed by atoms with Gasteiger partial charge in [0.1, 0.15) is 5.75 Å². The number of carbonyl (C=O) groups excluding carboxylic acids is 1. The van der Waals surface area contributed by atoms with E-state index in [2.05, 4.69) is 18.7 Å². The lowest BCUT2D eigenvalue weighted by Gasteiger charge is -2.24. The lowest BCUT2D eigenvalue weighted by atomic mass is 10.1. The Labute approximate surface area is 102 Å². The lowest BCUT2D eigenvalue weighted by molar-refractivity contribution is 0.0961. The molecule has 17 heavy (non-hydrogen) atoms. The molecule has 0 amide bonds. The average molecular weight is 233 g/mol. The van der Waals surface area contributed by atoms with Gasteiger partial charge in [-0.15, -0.1) is 0 Å². The first-order valence-corrected chi connectivity index (χ1v) is 6.31.